The number of thioether (sulfide) groups is 1. The van der Waals surface area contributed by atoms with E-state index in [1.54, 1.807) is 30.2 Å². The molecule has 0 spiro atoms. The minimum Gasteiger partial charge on any atom is -0.497 e. The van der Waals surface area contributed by atoms with Crippen LogP contribution in [-0.2, 0) is 16.1 Å². The summed E-state index contributed by atoms with van der Waals surface area (Å²) in [7, 11) is 1.66. The standard InChI is InChI=1S/C23H28N2O3S2/c1-4-28-14-13-25-20-12-7-17(2)16-21(20)30-23(25)24-22(26)6-5-15-29-19-10-8-18(27-3)9-11-19/h7-12,16H,4-6,13-15H2,1-3H3. The van der Waals surface area contributed by atoms with E-state index >= 15 is 0 Å². The summed E-state index contributed by atoms with van der Waals surface area (Å²) in [5.41, 5.74) is 2.31. The Labute approximate surface area is 185 Å². The van der Waals surface area contributed by atoms with Crippen molar-refractivity contribution in [3.8, 4) is 5.75 Å². The predicted molar refractivity (Wildman–Crippen MR) is 125 cm³/mol. The van der Waals surface area contributed by atoms with Crippen molar-refractivity contribution in [3.05, 3.63) is 52.8 Å². The topological polar surface area (TPSA) is 52.8 Å². The number of carbonyl (C=O) groups is 1. The third-order valence-electron chi connectivity index (χ3n) is 4.59. The molecule has 0 unspecified atom stereocenters. The smallest absolute Gasteiger partial charge is 0.248 e. The minimum atomic E-state index is -0.0706. The van der Waals surface area contributed by atoms with Gasteiger partial charge in [-0.25, -0.2) is 0 Å². The highest BCUT2D eigenvalue weighted by Gasteiger charge is 2.08. The summed E-state index contributed by atoms with van der Waals surface area (Å²) < 4.78 is 13.9. The average molecular weight is 445 g/mol. The summed E-state index contributed by atoms with van der Waals surface area (Å²) in [6.07, 6.45) is 1.24. The summed E-state index contributed by atoms with van der Waals surface area (Å²) in [6, 6.07) is 14.3. The molecule has 1 amide bonds. The minimum absolute atomic E-state index is 0.0706. The molecule has 0 aliphatic heterocycles. The maximum atomic E-state index is 12.5. The van der Waals surface area contributed by atoms with Gasteiger partial charge < -0.3 is 14.0 Å². The van der Waals surface area contributed by atoms with Gasteiger partial charge in [-0.05, 0) is 68.0 Å². The van der Waals surface area contributed by atoms with E-state index in [9.17, 15) is 4.79 Å². The third-order valence-corrected chi connectivity index (χ3v) is 6.72. The molecule has 0 bridgehead atoms. The molecule has 160 valence electrons. The lowest BCUT2D eigenvalue weighted by Gasteiger charge is -2.05. The van der Waals surface area contributed by atoms with Crippen molar-refractivity contribution in [2.24, 2.45) is 4.99 Å². The summed E-state index contributed by atoms with van der Waals surface area (Å²) in [5.74, 6) is 1.66. The summed E-state index contributed by atoms with van der Waals surface area (Å²) in [4.78, 5) is 18.9. The molecule has 1 aromatic heterocycles. The molecule has 0 N–H and O–H groups in total. The van der Waals surface area contributed by atoms with Gasteiger partial charge in [-0.3, -0.25) is 4.79 Å². The van der Waals surface area contributed by atoms with E-state index in [1.807, 2.05) is 31.2 Å². The van der Waals surface area contributed by atoms with Crippen LogP contribution in [0.1, 0.15) is 25.3 Å². The van der Waals surface area contributed by atoms with Crippen molar-refractivity contribution in [2.75, 3.05) is 26.1 Å². The number of fused-ring (bicyclic) bond motifs is 1. The van der Waals surface area contributed by atoms with Crippen molar-refractivity contribution < 1.29 is 14.3 Å². The fraction of sp³-hybridized carbons (Fsp3) is 0.391. The molecule has 0 aliphatic rings. The zero-order valence-electron chi connectivity index (χ0n) is 17.7. The lowest BCUT2D eigenvalue weighted by Crippen LogP contribution is -2.19. The van der Waals surface area contributed by atoms with Crippen LogP contribution in [0.4, 0.5) is 0 Å². The zero-order chi connectivity index (χ0) is 21.3. The van der Waals surface area contributed by atoms with Crippen molar-refractivity contribution in [1.82, 2.24) is 4.57 Å². The maximum Gasteiger partial charge on any atom is 0.248 e. The third kappa shape index (κ3) is 6.20. The number of ether oxygens (including phenoxy) is 2. The lowest BCUT2D eigenvalue weighted by atomic mass is 10.2. The number of hydrogen-bond acceptors (Lipinski definition) is 5. The Morgan fingerprint density at radius 3 is 2.73 bits per heavy atom. The first-order chi connectivity index (χ1) is 14.6. The van der Waals surface area contributed by atoms with E-state index in [2.05, 4.69) is 34.7 Å². The molecule has 0 atom stereocenters. The van der Waals surface area contributed by atoms with Crippen LogP contribution in [0, 0.1) is 6.92 Å². The highest BCUT2D eigenvalue weighted by Crippen LogP contribution is 2.22. The van der Waals surface area contributed by atoms with Gasteiger partial charge in [-0.1, -0.05) is 17.4 Å². The molecule has 3 rings (SSSR count). The molecule has 7 heteroatoms. The molecular formula is C23H28N2O3S2. The number of rotatable bonds is 10. The summed E-state index contributed by atoms with van der Waals surface area (Å²) >= 11 is 3.31. The van der Waals surface area contributed by atoms with Gasteiger partial charge in [0.05, 0.1) is 23.9 Å². The number of aromatic nitrogens is 1. The summed E-state index contributed by atoms with van der Waals surface area (Å²) in [6.45, 7) is 6.04. The van der Waals surface area contributed by atoms with E-state index in [4.69, 9.17) is 9.47 Å². The molecule has 30 heavy (non-hydrogen) atoms. The van der Waals surface area contributed by atoms with Crippen LogP contribution in [0.15, 0.2) is 52.4 Å². The molecule has 0 radical (unpaired) electrons. The average Bonchev–Trinajstić information content (AvgIpc) is 3.07. The van der Waals surface area contributed by atoms with Crippen LogP contribution in [-0.4, -0.2) is 36.6 Å². The quantitative estimate of drug-likeness (QED) is 0.324. The number of aryl methyl sites for hydroxylation is 1. The second kappa shape index (κ2) is 11.3. The van der Waals surface area contributed by atoms with Gasteiger partial charge in [-0.15, -0.1) is 11.8 Å². The first kappa shape index (κ1) is 22.6. The number of nitrogens with zero attached hydrogens (tertiary/aromatic N) is 2. The Morgan fingerprint density at radius 2 is 2.00 bits per heavy atom. The van der Waals surface area contributed by atoms with Gasteiger partial charge in [0.2, 0.25) is 5.91 Å². The highest BCUT2D eigenvalue weighted by molar-refractivity contribution is 7.99. The van der Waals surface area contributed by atoms with Crippen LogP contribution in [0.5, 0.6) is 5.75 Å². The molecule has 0 saturated carbocycles. The fourth-order valence-corrected chi connectivity index (χ4v) is 5.05. The van der Waals surface area contributed by atoms with Crippen LogP contribution in [0.25, 0.3) is 10.2 Å². The zero-order valence-corrected chi connectivity index (χ0v) is 19.4. The van der Waals surface area contributed by atoms with Gasteiger partial charge in [0.1, 0.15) is 5.75 Å². The number of thiazole rings is 1. The van der Waals surface area contributed by atoms with E-state index in [-0.39, 0.29) is 5.91 Å². The number of amides is 1. The van der Waals surface area contributed by atoms with Crippen LogP contribution >= 0.6 is 23.1 Å². The van der Waals surface area contributed by atoms with Crippen molar-refractivity contribution in [1.29, 1.82) is 0 Å². The fourth-order valence-electron chi connectivity index (χ4n) is 3.03. The van der Waals surface area contributed by atoms with Gasteiger partial charge >= 0.3 is 0 Å². The molecule has 0 fully saturated rings. The van der Waals surface area contributed by atoms with Gasteiger partial charge in [0.25, 0.3) is 0 Å². The van der Waals surface area contributed by atoms with Gasteiger partial charge in [-0.2, -0.15) is 4.99 Å². The molecule has 5 nitrogen and oxygen atoms in total. The largest absolute Gasteiger partial charge is 0.497 e. The van der Waals surface area contributed by atoms with Crippen molar-refractivity contribution in [2.45, 2.75) is 38.1 Å². The Hall–Kier alpha value is -2.09. The molecule has 0 aliphatic carbocycles. The first-order valence-electron chi connectivity index (χ1n) is 10.1. The molecule has 3 aromatic rings. The summed E-state index contributed by atoms with van der Waals surface area (Å²) in [5, 5.41) is 0. The maximum absolute atomic E-state index is 12.5. The SMILES string of the molecule is CCOCCn1c(=NC(=O)CCCSc2ccc(OC)cc2)sc2cc(C)ccc21. The van der Waals surface area contributed by atoms with Crippen molar-refractivity contribution >= 4 is 39.2 Å². The van der Waals surface area contributed by atoms with Crippen LogP contribution in [0.2, 0.25) is 0 Å². The van der Waals surface area contributed by atoms with E-state index in [0.29, 0.717) is 26.2 Å². The first-order valence-corrected chi connectivity index (χ1v) is 11.9. The Kier molecular flexibility index (Phi) is 8.54. The van der Waals surface area contributed by atoms with E-state index in [0.717, 1.165) is 32.9 Å². The second-order valence-corrected chi connectivity index (χ2v) is 9.01. The molecule has 0 saturated heterocycles. The van der Waals surface area contributed by atoms with E-state index < -0.39 is 0 Å². The Bertz CT molecular complexity index is 1040. The van der Waals surface area contributed by atoms with E-state index in [1.165, 1.54) is 10.5 Å². The lowest BCUT2D eigenvalue weighted by molar-refractivity contribution is -0.118. The Balaban J connectivity index is 1.63. The number of hydrogen-bond donors (Lipinski definition) is 0. The van der Waals surface area contributed by atoms with Gasteiger partial charge in [0, 0.05) is 24.5 Å². The normalized spacial score (nSPS) is 11.9. The van der Waals surface area contributed by atoms with Crippen LogP contribution in [0.3, 0.4) is 0 Å². The Morgan fingerprint density at radius 1 is 1.20 bits per heavy atom. The molecular weight excluding hydrogens is 416 g/mol. The molecule has 2 aromatic carbocycles. The second-order valence-electron chi connectivity index (χ2n) is 6.84. The van der Waals surface area contributed by atoms with Crippen LogP contribution < -0.4 is 9.54 Å². The number of carbonyl (C=O) groups excluding carboxylic acids is 1. The highest BCUT2D eigenvalue weighted by atomic mass is 32.2. The number of benzene rings is 2. The monoisotopic (exact) mass is 444 g/mol. The number of methoxy groups -OCH3 is 1. The molecule has 1 heterocycles. The predicted octanol–water partition coefficient (Wildman–Crippen LogP) is 5.06. The van der Waals surface area contributed by atoms with Crippen molar-refractivity contribution in [3.63, 3.8) is 0 Å². The van der Waals surface area contributed by atoms with Gasteiger partial charge in [0.15, 0.2) is 4.80 Å².